The van der Waals surface area contributed by atoms with Gasteiger partial charge in [0.25, 0.3) is 5.91 Å². The third kappa shape index (κ3) is 5.40. The van der Waals surface area contributed by atoms with Crippen molar-refractivity contribution < 1.29 is 13.2 Å². The molecule has 0 heterocycles. The molecule has 106 valence electrons. The fraction of sp³-hybridized carbons (Fsp3) is 0.462. The summed E-state index contributed by atoms with van der Waals surface area (Å²) >= 11 is 0. The Morgan fingerprint density at radius 2 is 2.11 bits per heavy atom. The van der Waals surface area contributed by atoms with E-state index in [-0.39, 0.29) is 16.8 Å². The molecule has 5 nitrogen and oxygen atoms in total. The van der Waals surface area contributed by atoms with Crippen molar-refractivity contribution in [1.82, 2.24) is 5.32 Å². The predicted octanol–water partition coefficient (Wildman–Crippen LogP) is 0.947. The standard InChI is InChI=1S/C13H20N2O3S/c1-10(14)5-4-8-15-13(16)11-6-3-7-12(9-11)19(2,17)18/h3,6-7,9-10H,4-5,8,14H2,1-2H3,(H,15,16). The van der Waals surface area contributed by atoms with Gasteiger partial charge in [-0.05, 0) is 38.0 Å². The first-order chi connectivity index (χ1) is 8.80. The molecule has 19 heavy (non-hydrogen) atoms. The molecule has 1 atom stereocenters. The number of nitrogens with one attached hydrogen (secondary N) is 1. The zero-order valence-corrected chi connectivity index (χ0v) is 12.0. The van der Waals surface area contributed by atoms with Gasteiger partial charge in [0.1, 0.15) is 0 Å². The van der Waals surface area contributed by atoms with Gasteiger partial charge in [-0.1, -0.05) is 6.07 Å². The molecule has 0 aliphatic carbocycles. The highest BCUT2D eigenvalue weighted by atomic mass is 32.2. The minimum atomic E-state index is -3.29. The van der Waals surface area contributed by atoms with Crippen LogP contribution in [0.3, 0.4) is 0 Å². The van der Waals surface area contributed by atoms with Crippen LogP contribution in [0.25, 0.3) is 0 Å². The minimum absolute atomic E-state index is 0.116. The van der Waals surface area contributed by atoms with Crippen LogP contribution in [0.1, 0.15) is 30.1 Å². The fourth-order valence-electron chi connectivity index (χ4n) is 1.60. The molecule has 1 unspecified atom stereocenters. The molecule has 0 spiro atoms. The van der Waals surface area contributed by atoms with Crippen LogP contribution >= 0.6 is 0 Å². The molecule has 0 bridgehead atoms. The molecule has 1 aromatic carbocycles. The maximum absolute atomic E-state index is 11.8. The Bertz CT molecular complexity index is 539. The van der Waals surface area contributed by atoms with E-state index in [9.17, 15) is 13.2 Å². The maximum atomic E-state index is 11.8. The molecule has 0 aliphatic rings. The molecular formula is C13H20N2O3S. The Hall–Kier alpha value is -1.40. The van der Waals surface area contributed by atoms with Crippen LogP contribution < -0.4 is 11.1 Å². The lowest BCUT2D eigenvalue weighted by atomic mass is 10.2. The van der Waals surface area contributed by atoms with E-state index in [0.29, 0.717) is 12.1 Å². The zero-order chi connectivity index (χ0) is 14.5. The Labute approximate surface area is 114 Å². The van der Waals surface area contributed by atoms with Crippen LogP contribution in [0.5, 0.6) is 0 Å². The molecule has 0 saturated carbocycles. The van der Waals surface area contributed by atoms with Crippen molar-refractivity contribution >= 4 is 15.7 Å². The van der Waals surface area contributed by atoms with Crippen LogP contribution in [-0.4, -0.2) is 33.2 Å². The van der Waals surface area contributed by atoms with Crippen LogP contribution in [0.4, 0.5) is 0 Å². The van der Waals surface area contributed by atoms with Crippen molar-refractivity contribution in [1.29, 1.82) is 0 Å². The summed E-state index contributed by atoms with van der Waals surface area (Å²) in [5.41, 5.74) is 5.96. The van der Waals surface area contributed by atoms with Crippen molar-refractivity contribution in [2.75, 3.05) is 12.8 Å². The van der Waals surface area contributed by atoms with Crippen molar-refractivity contribution in [3.8, 4) is 0 Å². The van der Waals surface area contributed by atoms with Gasteiger partial charge < -0.3 is 11.1 Å². The lowest BCUT2D eigenvalue weighted by Crippen LogP contribution is -2.26. The quantitative estimate of drug-likeness (QED) is 0.761. The van der Waals surface area contributed by atoms with E-state index in [0.717, 1.165) is 19.1 Å². The van der Waals surface area contributed by atoms with Gasteiger partial charge in [0.05, 0.1) is 4.90 Å². The summed E-state index contributed by atoms with van der Waals surface area (Å²) < 4.78 is 22.8. The Morgan fingerprint density at radius 3 is 2.68 bits per heavy atom. The lowest BCUT2D eigenvalue weighted by Gasteiger charge is -2.07. The van der Waals surface area contributed by atoms with Crippen LogP contribution in [0, 0.1) is 0 Å². The monoisotopic (exact) mass is 284 g/mol. The number of hydrogen-bond acceptors (Lipinski definition) is 4. The highest BCUT2D eigenvalue weighted by Gasteiger charge is 2.11. The zero-order valence-electron chi connectivity index (χ0n) is 11.2. The highest BCUT2D eigenvalue weighted by molar-refractivity contribution is 7.90. The van der Waals surface area contributed by atoms with E-state index in [1.54, 1.807) is 12.1 Å². The Kier molecular flexibility index (Phi) is 5.50. The minimum Gasteiger partial charge on any atom is -0.352 e. The molecule has 0 radical (unpaired) electrons. The van der Waals surface area contributed by atoms with E-state index < -0.39 is 9.84 Å². The average molecular weight is 284 g/mol. The van der Waals surface area contributed by atoms with Crippen molar-refractivity contribution in [2.45, 2.75) is 30.7 Å². The molecule has 6 heteroatoms. The Morgan fingerprint density at radius 1 is 1.42 bits per heavy atom. The van der Waals surface area contributed by atoms with Gasteiger partial charge in [-0.25, -0.2) is 8.42 Å². The van der Waals surface area contributed by atoms with Crippen molar-refractivity contribution in [3.05, 3.63) is 29.8 Å². The summed E-state index contributed by atoms with van der Waals surface area (Å²) in [4.78, 5) is 12.0. The van der Waals surface area contributed by atoms with Crippen LogP contribution in [0.15, 0.2) is 29.2 Å². The number of carbonyl (C=O) groups is 1. The van der Waals surface area contributed by atoms with Gasteiger partial charge in [0.15, 0.2) is 9.84 Å². The third-order valence-electron chi connectivity index (χ3n) is 2.65. The molecule has 1 rings (SSSR count). The first kappa shape index (κ1) is 15.7. The first-order valence-corrected chi connectivity index (χ1v) is 8.04. The van der Waals surface area contributed by atoms with E-state index in [1.807, 2.05) is 6.92 Å². The topological polar surface area (TPSA) is 89.3 Å². The number of sulfone groups is 1. The maximum Gasteiger partial charge on any atom is 0.251 e. The van der Waals surface area contributed by atoms with Crippen molar-refractivity contribution in [2.24, 2.45) is 5.73 Å². The van der Waals surface area contributed by atoms with Gasteiger partial charge in [-0.15, -0.1) is 0 Å². The normalized spacial score (nSPS) is 13.0. The van der Waals surface area contributed by atoms with Gasteiger partial charge >= 0.3 is 0 Å². The van der Waals surface area contributed by atoms with E-state index in [2.05, 4.69) is 5.32 Å². The molecule has 1 amide bonds. The third-order valence-corrected chi connectivity index (χ3v) is 3.76. The highest BCUT2D eigenvalue weighted by Crippen LogP contribution is 2.11. The van der Waals surface area contributed by atoms with E-state index in [4.69, 9.17) is 5.73 Å². The van der Waals surface area contributed by atoms with Gasteiger partial charge in [-0.2, -0.15) is 0 Å². The molecule has 3 N–H and O–H groups in total. The Balaban J connectivity index is 2.63. The van der Waals surface area contributed by atoms with E-state index >= 15 is 0 Å². The number of hydrogen-bond donors (Lipinski definition) is 2. The summed E-state index contributed by atoms with van der Waals surface area (Å²) in [5, 5.41) is 2.74. The number of rotatable bonds is 6. The number of benzene rings is 1. The molecule has 0 aromatic heterocycles. The summed E-state index contributed by atoms with van der Waals surface area (Å²) in [7, 11) is -3.29. The van der Waals surface area contributed by atoms with Crippen LogP contribution in [-0.2, 0) is 9.84 Å². The molecule has 1 aromatic rings. The predicted molar refractivity (Wildman–Crippen MR) is 74.8 cm³/mol. The van der Waals surface area contributed by atoms with Gasteiger partial charge in [0, 0.05) is 24.4 Å². The molecule has 0 fully saturated rings. The second-order valence-electron chi connectivity index (χ2n) is 4.68. The number of amides is 1. The number of nitrogens with two attached hydrogens (primary N) is 1. The summed E-state index contributed by atoms with van der Waals surface area (Å²) in [6.07, 6.45) is 2.76. The lowest BCUT2D eigenvalue weighted by molar-refractivity contribution is 0.0952. The summed E-state index contributed by atoms with van der Waals surface area (Å²) in [5.74, 6) is -0.268. The van der Waals surface area contributed by atoms with Crippen molar-refractivity contribution in [3.63, 3.8) is 0 Å². The molecular weight excluding hydrogens is 264 g/mol. The van der Waals surface area contributed by atoms with Gasteiger partial charge in [0.2, 0.25) is 0 Å². The smallest absolute Gasteiger partial charge is 0.251 e. The second kappa shape index (κ2) is 6.68. The summed E-state index contributed by atoms with van der Waals surface area (Å²) in [6.45, 7) is 2.45. The molecule has 0 saturated heterocycles. The first-order valence-electron chi connectivity index (χ1n) is 6.14. The number of carbonyl (C=O) groups excluding carboxylic acids is 1. The fourth-order valence-corrected chi connectivity index (χ4v) is 2.26. The molecule has 0 aliphatic heterocycles. The van der Waals surface area contributed by atoms with Crippen LogP contribution in [0.2, 0.25) is 0 Å². The SMILES string of the molecule is CC(N)CCCNC(=O)c1cccc(S(C)(=O)=O)c1. The summed E-state index contributed by atoms with van der Waals surface area (Å²) in [6, 6.07) is 6.13. The van der Waals surface area contributed by atoms with Gasteiger partial charge in [-0.3, -0.25) is 4.79 Å². The average Bonchev–Trinajstić information content (AvgIpc) is 2.33. The largest absolute Gasteiger partial charge is 0.352 e. The van der Waals surface area contributed by atoms with E-state index in [1.165, 1.54) is 12.1 Å². The second-order valence-corrected chi connectivity index (χ2v) is 6.69.